The Bertz CT molecular complexity index is 9760. The van der Waals surface area contributed by atoms with Crippen molar-refractivity contribution in [3.05, 3.63) is 473 Å². The normalized spacial score (nSPS) is 11.8. The Morgan fingerprint density at radius 1 is 0.118 bits per heavy atom. The van der Waals surface area contributed by atoms with Crippen molar-refractivity contribution in [2.75, 3.05) is 0 Å². The van der Waals surface area contributed by atoms with Gasteiger partial charge in [0.1, 0.15) is 0 Å². The summed E-state index contributed by atoms with van der Waals surface area (Å²) in [7, 11) is 0. The van der Waals surface area contributed by atoms with E-state index >= 15 is 0 Å². The molecular formula is C126H78N10. The van der Waals surface area contributed by atoms with Gasteiger partial charge < -0.3 is 18.3 Å². The molecule has 0 saturated heterocycles. The monoisotopic (exact) mass is 1730 g/mol. The lowest BCUT2D eigenvalue weighted by atomic mass is 9.99. The molecule has 22 aromatic carbocycles. The van der Waals surface area contributed by atoms with Crippen LogP contribution in [0.1, 0.15) is 0 Å². The fraction of sp³-hybridized carbons (Fsp3) is 0. The third-order valence-corrected chi connectivity index (χ3v) is 27.4. The van der Waals surface area contributed by atoms with Crippen LogP contribution >= 0.6 is 0 Å². The summed E-state index contributed by atoms with van der Waals surface area (Å²) in [5, 5.41) is 24.0. The highest BCUT2D eigenvalue weighted by Gasteiger charge is 2.25. The summed E-state index contributed by atoms with van der Waals surface area (Å²) in [4.78, 5) is 31.4. The van der Waals surface area contributed by atoms with Gasteiger partial charge in [0.05, 0.1) is 44.1 Å². The molecule has 0 saturated carbocycles. The van der Waals surface area contributed by atoms with E-state index in [1.807, 2.05) is 12.1 Å². The van der Waals surface area contributed by atoms with E-state index in [4.69, 9.17) is 29.9 Å². The number of benzene rings is 22. The second-order valence-electron chi connectivity index (χ2n) is 35.3. The molecule has 136 heavy (non-hydrogen) atoms. The van der Waals surface area contributed by atoms with Crippen molar-refractivity contribution in [1.29, 1.82) is 0 Å². The SMILES string of the molecule is c1ccc(-c2ccc(-c3nc(-c4cccc(-n5c6ccccc6c6cc7cc(-n8c9ccccc9c9cc%10ccccc%10cc98)ccc7cc65)c4)nc(-c4ccc5ccccc5c4)n3)cc2)cc1.c1ccc(-c2ccccc2-c2nc(-c3cccc(-n4c5ccc(-n6c7ccccc7c7cc8ccccc8cc76)cc5c5cc6ccccc6cc54)c3)nc(-c3cccc4ccccc34)n2)cc1. The van der Waals surface area contributed by atoms with Crippen molar-refractivity contribution in [1.82, 2.24) is 48.2 Å². The summed E-state index contributed by atoms with van der Waals surface area (Å²) < 4.78 is 9.65. The average molecular weight is 1730 g/mol. The maximum atomic E-state index is 5.33. The average Bonchev–Trinajstić information content (AvgIpc) is 1.56. The van der Waals surface area contributed by atoms with Gasteiger partial charge in [-0.25, -0.2) is 29.9 Å². The van der Waals surface area contributed by atoms with Crippen LogP contribution in [-0.4, -0.2) is 48.2 Å². The molecule has 0 N–H and O–H groups in total. The number of aromatic nitrogens is 10. The van der Waals surface area contributed by atoms with Crippen LogP contribution in [0.25, 0.3) is 265 Å². The lowest BCUT2D eigenvalue weighted by Crippen LogP contribution is -2.02. The third-order valence-electron chi connectivity index (χ3n) is 27.4. The Labute approximate surface area is 781 Å². The van der Waals surface area contributed by atoms with Crippen molar-refractivity contribution in [2.24, 2.45) is 0 Å². The molecule has 28 aromatic rings. The van der Waals surface area contributed by atoms with Gasteiger partial charge in [-0.05, 0) is 214 Å². The summed E-state index contributed by atoms with van der Waals surface area (Å²) in [6.45, 7) is 0. The number of hydrogen-bond acceptors (Lipinski definition) is 6. The van der Waals surface area contributed by atoms with E-state index in [9.17, 15) is 0 Å². The Hall–Kier alpha value is -18.4. The van der Waals surface area contributed by atoms with Crippen LogP contribution in [0.2, 0.25) is 0 Å². The molecule has 0 amide bonds. The lowest BCUT2D eigenvalue weighted by molar-refractivity contribution is 1.07. The first-order valence-corrected chi connectivity index (χ1v) is 46.2. The zero-order chi connectivity index (χ0) is 89.4. The Kier molecular flexibility index (Phi) is 18.1. The van der Waals surface area contributed by atoms with Crippen LogP contribution in [0.15, 0.2) is 473 Å². The standard InChI is InChI=1S/2C63H39N5/c1-2-16-40(17-3-1)49-27-10-11-29-52(49)62-64-61(65-63(66-62)53-30-15-23-41-18-8-9-26-50(41)53)46-24-14-25-47(34-46)67-58-33-32-48(39-56(58)55-36-43-20-5-7-22-45(43)38-60(55)67)68-57-31-13-12-28-51(57)54-35-42-19-4-6-21-44(42)37-59(54)68;1-2-13-40(14-3-1)42-25-28-43(29-26-42)61-64-62(66-63(65-61)49-30-27-41-15-4-5-16-44(41)33-49)48-19-12-20-51(34-48)67-57-23-10-9-22-54(57)56-37-50-35-52(32-31-47(50)39-60(56)67)68-58-24-11-8-21-53(58)55-36-45-17-6-7-18-46(45)38-59(55)68/h2*1-39H. The molecule has 0 fully saturated rings. The molecule has 0 aliphatic rings. The Morgan fingerprint density at radius 2 is 0.412 bits per heavy atom. The maximum absolute atomic E-state index is 5.33. The highest BCUT2D eigenvalue weighted by molar-refractivity contribution is 6.19. The van der Waals surface area contributed by atoms with Crippen molar-refractivity contribution in [3.63, 3.8) is 0 Å². The predicted molar refractivity (Wildman–Crippen MR) is 566 cm³/mol. The van der Waals surface area contributed by atoms with E-state index in [-0.39, 0.29) is 0 Å². The van der Waals surface area contributed by atoms with Gasteiger partial charge in [-0.2, -0.15) is 0 Å². The van der Waals surface area contributed by atoms with Crippen LogP contribution in [0.4, 0.5) is 0 Å². The van der Waals surface area contributed by atoms with E-state index in [0.717, 1.165) is 111 Å². The second-order valence-corrected chi connectivity index (χ2v) is 35.3. The second kappa shape index (κ2) is 31.7. The number of para-hydroxylation sites is 3. The predicted octanol–water partition coefficient (Wildman–Crippen LogP) is 32.4. The van der Waals surface area contributed by atoms with E-state index < -0.39 is 0 Å². The molecule has 6 heterocycles. The third kappa shape index (κ3) is 13.2. The van der Waals surface area contributed by atoms with Gasteiger partial charge >= 0.3 is 0 Å². The molecule has 28 rings (SSSR count). The number of hydrogen-bond donors (Lipinski definition) is 0. The zero-order valence-corrected chi connectivity index (χ0v) is 73.5. The highest BCUT2D eigenvalue weighted by atomic mass is 15.1. The Morgan fingerprint density at radius 3 is 0.941 bits per heavy atom. The summed E-state index contributed by atoms with van der Waals surface area (Å²) in [5.74, 6) is 3.73. The number of rotatable bonds is 12. The van der Waals surface area contributed by atoms with Gasteiger partial charge in [-0.1, -0.05) is 346 Å². The maximum Gasteiger partial charge on any atom is 0.164 e. The molecule has 632 valence electrons. The minimum atomic E-state index is 0.607. The van der Waals surface area contributed by atoms with Gasteiger partial charge in [-0.15, -0.1) is 0 Å². The van der Waals surface area contributed by atoms with E-state index in [1.165, 1.54) is 119 Å². The molecule has 10 nitrogen and oxygen atoms in total. The van der Waals surface area contributed by atoms with Crippen LogP contribution < -0.4 is 0 Å². The molecule has 0 aliphatic carbocycles. The molecular weight excluding hydrogens is 1650 g/mol. The number of fused-ring (bicyclic) bond motifs is 18. The molecule has 0 radical (unpaired) electrons. The first-order valence-electron chi connectivity index (χ1n) is 46.2. The van der Waals surface area contributed by atoms with Gasteiger partial charge in [0, 0.05) is 99.2 Å². The van der Waals surface area contributed by atoms with Crippen molar-refractivity contribution < 1.29 is 0 Å². The molecule has 10 heteroatoms. The van der Waals surface area contributed by atoms with E-state index in [1.54, 1.807) is 0 Å². The van der Waals surface area contributed by atoms with Crippen molar-refractivity contribution in [3.8, 4) is 113 Å². The van der Waals surface area contributed by atoms with E-state index in [0.29, 0.717) is 34.9 Å². The number of nitrogens with zero attached hydrogens (tertiary/aromatic N) is 10. The molecule has 0 aliphatic heterocycles. The van der Waals surface area contributed by atoms with Crippen LogP contribution in [-0.2, 0) is 0 Å². The zero-order valence-electron chi connectivity index (χ0n) is 73.5. The smallest absolute Gasteiger partial charge is 0.164 e. The fourth-order valence-corrected chi connectivity index (χ4v) is 20.9. The minimum absolute atomic E-state index is 0.607. The molecule has 0 atom stereocenters. The minimum Gasteiger partial charge on any atom is -0.309 e. The van der Waals surface area contributed by atoms with Crippen LogP contribution in [0.5, 0.6) is 0 Å². The summed E-state index contributed by atoms with van der Waals surface area (Å²) in [6, 6.07) is 169. The summed E-state index contributed by atoms with van der Waals surface area (Å²) in [5.41, 5.74) is 23.7. The first kappa shape index (κ1) is 77.6. The van der Waals surface area contributed by atoms with Gasteiger partial charge in [0.15, 0.2) is 34.9 Å². The summed E-state index contributed by atoms with van der Waals surface area (Å²) >= 11 is 0. The lowest BCUT2D eigenvalue weighted by Gasteiger charge is -2.14. The fourth-order valence-electron chi connectivity index (χ4n) is 20.9. The molecule has 6 aromatic heterocycles. The van der Waals surface area contributed by atoms with E-state index in [2.05, 4.69) is 479 Å². The van der Waals surface area contributed by atoms with Gasteiger partial charge in [0.25, 0.3) is 0 Å². The topological polar surface area (TPSA) is 97.1 Å². The molecule has 0 unspecified atom stereocenters. The van der Waals surface area contributed by atoms with Crippen molar-refractivity contribution in [2.45, 2.75) is 0 Å². The molecule has 0 bridgehead atoms. The summed E-state index contributed by atoms with van der Waals surface area (Å²) in [6.07, 6.45) is 0. The Balaban J connectivity index is 0.000000138. The van der Waals surface area contributed by atoms with Crippen LogP contribution in [0.3, 0.4) is 0 Å². The quantitative estimate of drug-likeness (QED) is 0.121. The van der Waals surface area contributed by atoms with Crippen molar-refractivity contribution >= 4 is 152 Å². The van der Waals surface area contributed by atoms with Gasteiger partial charge in [0.2, 0.25) is 0 Å². The highest BCUT2D eigenvalue weighted by Crippen LogP contribution is 2.45. The van der Waals surface area contributed by atoms with Gasteiger partial charge in [-0.3, -0.25) is 0 Å². The first-order chi connectivity index (χ1) is 67.4. The van der Waals surface area contributed by atoms with Crippen LogP contribution in [0, 0.1) is 0 Å². The largest absolute Gasteiger partial charge is 0.309 e. The molecule has 0 spiro atoms.